The summed E-state index contributed by atoms with van der Waals surface area (Å²) in [7, 11) is 0. The summed E-state index contributed by atoms with van der Waals surface area (Å²) in [4.78, 5) is 29.1. The first-order valence-electron chi connectivity index (χ1n) is 10.7. The third kappa shape index (κ3) is 2.08. The van der Waals surface area contributed by atoms with Gasteiger partial charge >= 0.3 is 0 Å². The molecule has 7 rings (SSSR count). The molecule has 1 aliphatic heterocycles. The topological polar surface area (TPSA) is 57.6 Å². The van der Waals surface area contributed by atoms with Gasteiger partial charge in [0, 0.05) is 5.92 Å². The second kappa shape index (κ2) is 5.92. The minimum atomic E-state index is -1.51. The summed E-state index contributed by atoms with van der Waals surface area (Å²) in [5.41, 5.74) is 5.43. The van der Waals surface area contributed by atoms with E-state index in [1.165, 1.54) is 4.90 Å². The normalized spacial score (nSPS) is 27.9. The highest BCUT2D eigenvalue weighted by Crippen LogP contribution is 2.63. The summed E-state index contributed by atoms with van der Waals surface area (Å²) in [6.07, 6.45) is 0. The van der Waals surface area contributed by atoms with Crippen LogP contribution in [0.5, 0.6) is 0 Å². The molecule has 3 aliphatic carbocycles. The Labute approximate surface area is 181 Å². The van der Waals surface area contributed by atoms with Gasteiger partial charge in [-0.05, 0) is 54.2 Å². The highest BCUT2D eigenvalue weighted by molar-refractivity contribution is 6.24. The van der Waals surface area contributed by atoms with Gasteiger partial charge in [0.15, 0.2) is 0 Å². The maximum Gasteiger partial charge on any atom is 0.241 e. The van der Waals surface area contributed by atoms with E-state index in [-0.39, 0.29) is 17.7 Å². The minimum absolute atomic E-state index is 0.211. The second-order valence-electron chi connectivity index (χ2n) is 9.18. The van der Waals surface area contributed by atoms with Gasteiger partial charge in [-0.15, -0.1) is 0 Å². The number of anilines is 1. The predicted molar refractivity (Wildman–Crippen MR) is 118 cm³/mol. The van der Waals surface area contributed by atoms with Crippen molar-refractivity contribution in [3.63, 3.8) is 0 Å². The van der Waals surface area contributed by atoms with Gasteiger partial charge in [-0.25, -0.2) is 4.90 Å². The van der Waals surface area contributed by atoms with Crippen LogP contribution in [0.2, 0.25) is 0 Å². The fourth-order valence-corrected chi connectivity index (χ4v) is 6.48. The lowest BCUT2D eigenvalue weighted by Gasteiger charge is -2.51. The summed E-state index contributed by atoms with van der Waals surface area (Å²) in [6, 6.07) is 19.4. The molecule has 1 saturated heterocycles. The molecule has 1 N–H and O–H groups in total. The zero-order chi connectivity index (χ0) is 21.7. The van der Waals surface area contributed by atoms with Gasteiger partial charge in [0.05, 0.1) is 17.5 Å². The Bertz CT molecular complexity index is 1240. The molecule has 0 spiro atoms. The standard InChI is InChI=1S/C27H23NO3/c1-14-12-15(2)24(16(3)13-14)28-25(29)22-21-17-8-4-6-10-19(17)27(31,23(22)26(28)30)20-11-7-5-9-18(20)21/h4-13,21-23,31H,1-3H3. The van der Waals surface area contributed by atoms with E-state index in [1.807, 2.05) is 81.4 Å². The molecule has 2 unspecified atom stereocenters. The number of nitrogens with zero attached hydrogens (tertiary/aromatic N) is 1. The van der Waals surface area contributed by atoms with Crippen LogP contribution in [0, 0.1) is 32.6 Å². The van der Waals surface area contributed by atoms with Crippen LogP contribution in [0.4, 0.5) is 5.69 Å². The minimum Gasteiger partial charge on any atom is -0.379 e. The van der Waals surface area contributed by atoms with Gasteiger partial charge < -0.3 is 5.11 Å². The number of aryl methyl sites for hydroxylation is 3. The molecule has 1 fully saturated rings. The van der Waals surface area contributed by atoms with E-state index in [0.29, 0.717) is 5.69 Å². The number of rotatable bonds is 1. The average Bonchev–Trinajstić information content (AvgIpc) is 3.00. The number of hydrogen-bond donors (Lipinski definition) is 1. The smallest absolute Gasteiger partial charge is 0.241 e. The van der Waals surface area contributed by atoms with Crippen LogP contribution in [-0.2, 0) is 15.2 Å². The van der Waals surface area contributed by atoms with E-state index < -0.39 is 17.4 Å². The van der Waals surface area contributed by atoms with Crippen molar-refractivity contribution in [3.8, 4) is 0 Å². The molecule has 4 heteroatoms. The maximum absolute atomic E-state index is 13.9. The number of imide groups is 1. The third-order valence-corrected chi connectivity index (χ3v) is 7.43. The highest BCUT2D eigenvalue weighted by Gasteiger charge is 2.68. The van der Waals surface area contributed by atoms with Gasteiger partial charge in [-0.3, -0.25) is 9.59 Å². The molecular formula is C27H23NO3. The fourth-order valence-electron chi connectivity index (χ4n) is 6.48. The van der Waals surface area contributed by atoms with Crippen molar-refractivity contribution in [2.24, 2.45) is 11.8 Å². The molecule has 4 aliphatic rings. The number of carbonyl (C=O) groups is 2. The molecular weight excluding hydrogens is 386 g/mol. The summed E-state index contributed by atoms with van der Waals surface area (Å²) in [5.74, 6) is -2.18. The number of carbonyl (C=O) groups excluding carboxylic acids is 2. The van der Waals surface area contributed by atoms with Crippen molar-refractivity contribution in [3.05, 3.63) is 99.6 Å². The summed E-state index contributed by atoms with van der Waals surface area (Å²) >= 11 is 0. The lowest BCUT2D eigenvalue weighted by atomic mass is 9.52. The van der Waals surface area contributed by atoms with Crippen LogP contribution >= 0.6 is 0 Å². The van der Waals surface area contributed by atoms with E-state index in [2.05, 4.69) is 0 Å². The molecule has 3 aromatic rings. The largest absolute Gasteiger partial charge is 0.379 e. The Morgan fingerprint density at radius 3 is 1.87 bits per heavy atom. The first kappa shape index (κ1) is 18.5. The first-order chi connectivity index (χ1) is 14.9. The average molecular weight is 409 g/mol. The molecule has 3 aromatic carbocycles. The Hall–Kier alpha value is -3.24. The van der Waals surface area contributed by atoms with Gasteiger partial charge in [0.2, 0.25) is 11.8 Å². The van der Waals surface area contributed by atoms with E-state index in [1.54, 1.807) is 0 Å². The zero-order valence-electron chi connectivity index (χ0n) is 17.7. The van der Waals surface area contributed by atoms with Crippen molar-refractivity contribution in [2.75, 3.05) is 4.90 Å². The van der Waals surface area contributed by atoms with E-state index in [4.69, 9.17) is 0 Å². The molecule has 2 bridgehead atoms. The Kier molecular flexibility index (Phi) is 3.54. The van der Waals surface area contributed by atoms with E-state index >= 15 is 0 Å². The maximum atomic E-state index is 13.9. The van der Waals surface area contributed by atoms with Gasteiger partial charge in [-0.2, -0.15) is 0 Å². The molecule has 0 saturated carbocycles. The number of benzene rings is 3. The number of aliphatic hydroxyl groups is 1. The van der Waals surface area contributed by atoms with Crippen LogP contribution in [0.25, 0.3) is 0 Å². The molecule has 2 atom stereocenters. The van der Waals surface area contributed by atoms with Crippen molar-refractivity contribution in [1.29, 1.82) is 0 Å². The van der Waals surface area contributed by atoms with Gasteiger partial charge in [-0.1, -0.05) is 66.2 Å². The zero-order valence-corrected chi connectivity index (χ0v) is 17.7. The summed E-state index contributed by atoms with van der Waals surface area (Å²) < 4.78 is 0. The lowest BCUT2D eigenvalue weighted by Crippen LogP contribution is -2.53. The van der Waals surface area contributed by atoms with Crippen LogP contribution in [-0.4, -0.2) is 16.9 Å². The summed E-state index contributed by atoms with van der Waals surface area (Å²) in [5, 5.41) is 12.2. The van der Waals surface area contributed by atoms with Crippen molar-refractivity contribution < 1.29 is 14.7 Å². The van der Waals surface area contributed by atoms with Crippen molar-refractivity contribution in [2.45, 2.75) is 32.3 Å². The van der Waals surface area contributed by atoms with Crippen LogP contribution in [0.1, 0.15) is 44.9 Å². The molecule has 0 radical (unpaired) electrons. The SMILES string of the molecule is Cc1cc(C)c(N2C(=O)C3C4c5ccccc5C(O)(c5ccccc54)C3C2=O)c(C)c1. The quantitative estimate of drug-likeness (QED) is 0.616. The summed E-state index contributed by atoms with van der Waals surface area (Å²) in [6.45, 7) is 5.88. The second-order valence-corrected chi connectivity index (χ2v) is 9.18. The molecule has 154 valence electrons. The predicted octanol–water partition coefficient (Wildman–Crippen LogP) is 4.11. The molecule has 31 heavy (non-hydrogen) atoms. The monoisotopic (exact) mass is 409 g/mol. The Morgan fingerprint density at radius 2 is 1.32 bits per heavy atom. The molecule has 2 amide bonds. The van der Waals surface area contributed by atoms with Crippen molar-refractivity contribution >= 4 is 17.5 Å². The van der Waals surface area contributed by atoms with E-state index in [9.17, 15) is 14.7 Å². The molecule has 4 nitrogen and oxygen atoms in total. The van der Waals surface area contributed by atoms with Crippen molar-refractivity contribution in [1.82, 2.24) is 0 Å². The van der Waals surface area contributed by atoms with Gasteiger partial charge in [0.1, 0.15) is 5.60 Å². The fraction of sp³-hybridized carbons (Fsp3) is 0.259. The van der Waals surface area contributed by atoms with E-state index in [0.717, 1.165) is 38.9 Å². The number of amides is 2. The third-order valence-electron chi connectivity index (χ3n) is 7.43. The van der Waals surface area contributed by atoms with Crippen LogP contribution < -0.4 is 4.90 Å². The Balaban J connectivity index is 1.62. The van der Waals surface area contributed by atoms with Gasteiger partial charge in [0.25, 0.3) is 0 Å². The molecule has 0 aromatic heterocycles. The first-order valence-corrected chi connectivity index (χ1v) is 10.7. The molecule has 1 heterocycles. The number of hydrogen-bond acceptors (Lipinski definition) is 3. The highest BCUT2D eigenvalue weighted by atomic mass is 16.3. The van der Waals surface area contributed by atoms with Crippen LogP contribution in [0.3, 0.4) is 0 Å². The Morgan fingerprint density at radius 1 is 0.806 bits per heavy atom. The van der Waals surface area contributed by atoms with Crippen LogP contribution in [0.15, 0.2) is 60.7 Å². The lowest BCUT2D eigenvalue weighted by molar-refractivity contribution is -0.133.